The lowest BCUT2D eigenvalue weighted by Gasteiger charge is -2.24. The van der Waals surface area contributed by atoms with Gasteiger partial charge in [-0.1, -0.05) is 11.6 Å². The van der Waals surface area contributed by atoms with Gasteiger partial charge < -0.3 is 0 Å². The minimum atomic E-state index is -0.200. The summed E-state index contributed by atoms with van der Waals surface area (Å²) in [4.78, 5) is 22.0. The number of ketones is 1. The van der Waals surface area contributed by atoms with Crippen molar-refractivity contribution >= 4 is 28.3 Å². The summed E-state index contributed by atoms with van der Waals surface area (Å²) in [5.41, 5.74) is 2.82. The second-order valence-corrected chi connectivity index (χ2v) is 10.6. The Bertz CT molecular complexity index is 1180. The highest BCUT2D eigenvalue weighted by Crippen LogP contribution is 2.64. The first-order chi connectivity index (χ1) is 15.5. The highest BCUT2D eigenvalue weighted by atomic mass is 35.5. The highest BCUT2D eigenvalue weighted by molar-refractivity contribution is 6.30. The smallest absolute Gasteiger partial charge is 0.145 e. The fraction of sp³-hybridized carbons (Fsp3) is 0.444. The summed E-state index contributed by atoms with van der Waals surface area (Å²) in [6.07, 6.45) is 10.5. The molecule has 3 aromatic rings. The van der Waals surface area contributed by atoms with Gasteiger partial charge in [-0.15, -0.1) is 0 Å². The van der Waals surface area contributed by atoms with Gasteiger partial charge in [0.15, 0.2) is 0 Å². The van der Waals surface area contributed by atoms with E-state index in [4.69, 9.17) is 11.6 Å². The van der Waals surface area contributed by atoms with Crippen LogP contribution in [0, 0.1) is 29.0 Å². The number of Topliss-reactive ketones (excluding diaryl/α,β-unsaturated/α-hetero) is 1. The van der Waals surface area contributed by atoms with E-state index in [1.807, 2.05) is 18.3 Å². The Labute approximate surface area is 192 Å². The number of pyridine rings is 2. The van der Waals surface area contributed by atoms with Crippen LogP contribution in [0.2, 0.25) is 5.02 Å². The minimum absolute atomic E-state index is 0.117. The molecule has 0 N–H and O–H groups in total. The molecule has 5 heteroatoms. The molecule has 2 aromatic heterocycles. The van der Waals surface area contributed by atoms with Crippen molar-refractivity contribution in [2.45, 2.75) is 50.9 Å². The van der Waals surface area contributed by atoms with Crippen LogP contribution in [-0.2, 0) is 11.2 Å². The zero-order valence-electron chi connectivity index (χ0n) is 17.9. The van der Waals surface area contributed by atoms with Gasteiger partial charge >= 0.3 is 0 Å². The maximum absolute atomic E-state index is 13.9. The molecule has 3 aliphatic carbocycles. The lowest BCUT2D eigenvalue weighted by molar-refractivity contribution is -0.125. The van der Waals surface area contributed by atoms with Gasteiger partial charge in [-0.3, -0.25) is 14.8 Å². The molecule has 6 rings (SSSR count). The molecule has 164 valence electrons. The molecule has 3 aliphatic rings. The molecule has 2 unspecified atom stereocenters. The molecular formula is C27H26ClFN2O. The third kappa shape index (κ3) is 3.44. The van der Waals surface area contributed by atoms with Gasteiger partial charge in [0, 0.05) is 35.3 Å². The van der Waals surface area contributed by atoms with Gasteiger partial charge in [0.05, 0.1) is 10.5 Å². The summed E-state index contributed by atoms with van der Waals surface area (Å²) in [6, 6.07) is 10.7. The van der Waals surface area contributed by atoms with Gasteiger partial charge in [0.2, 0.25) is 0 Å². The second kappa shape index (κ2) is 7.62. The molecule has 0 bridgehead atoms. The lowest BCUT2D eigenvalue weighted by atomic mass is 9.79. The average molecular weight is 449 g/mol. The van der Waals surface area contributed by atoms with Gasteiger partial charge in [0.25, 0.3) is 0 Å². The van der Waals surface area contributed by atoms with Crippen molar-refractivity contribution in [1.29, 1.82) is 0 Å². The van der Waals surface area contributed by atoms with Gasteiger partial charge in [0.1, 0.15) is 11.6 Å². The van der Waals surface area contributed by atoms with E-state index in [9.17, 15) is 9.18 Å². The summed E-state index contributed by atoms with van der Waals surface area (Å²) in [6.45, 7) is 0. The van der Waals surface area contributed by atoms with Crippen LogP contribution in [0.4, 0.5) is 4.39 Å². The van der Waals surface area contributed by atoms with E-state index in [0.717, 1.165) is 55.1 Å². The van der Waals surface area contributed by atoms with Crippen LogP contribution >= 0.6 is 11.6 Å². The Hall–Kier alpha value is -2.33. The molecule has 0 saturated heterocycles. The Morgan fingerprint density at radius 1 is 1.03 bits per heavy atom. The Morgan fingerprint density at radius 3 is 2.50 bits per heavy atom. The van der Waals surface area contributed by atoms with Crippen LogP contribution < -0.4 is 0 Å². The molecule has 3 nitrogen and oxygen atoms in total. The summed E-state index contributed by atoms with van der Waals surface area (Å²) >= 11 is 5.93. The third-order valence-corrected chi connectivity index (χ3v) is 8.67. The third-order valence-electron chi connectivity index (χ3n) is 8.45. The number of halogens is 2. The van der Waals surface area contributed by atoms with E-state index in [-0.39, 0.29) is 11.2 Å². The SMILES string of the molecule is O=C(Cc1ccc(Cl)cn1)C1(C2C[C@H]3CC(c4ccnc5ccc(F)cc45)C[C@H]3C2)CC1. The Morgan fingerprint density at radius 2 is 1.81 bits per heavy atom. The molecule has 32 heavy (non-hydrogen) atoms. The van der Waals surface area contributed by atoms with E-state index >= 15 is 0 Å². The van der Waals surface area contributed by atoms with Gasteiger partial charge in [-0.2, -0.15) is 0 Å². The van der Waals surface area contributed by atoms with Crippen LogP contribution in [0.5, 0.6) is 0 Å². The fourth-order valence-corrected chi connectivity index (χ4v) is 6.83. The average Bonchev–Trinajstić information content (AvgIpc) is 3.36. The van der Waals surface area contributed by atoms with Crippen molar-refractivity contribution in [3.05, 3.63) is 70.9 Å². The molecule has 0 aliphatic heterocycles. The number of rotatable bonds is 5. The largest absolute Gasteiger partial charge is 0.299 e. The summed E-state index contributed by atoms with van der Waals surface area (Å²) < 4.78 is 13.9. The van der Waals surface area contributed by atoms with Crippen molar-refractivity contribution in [3.8, 4) is 0 Å². The molecular weight excluding hydrogens is 423 g/mol. The second-order valence-electron chi connectivity index (χ2n) is 10.1. The van der Waals surface area contributed by atoms with Crippen LogP contribution in [0.1, 0.15) is 55.7 Å². The predicted molar refractivity (Wildman–Crippen MR) is 123 cm³/mol. The fourth-order valence-electron chi connectivity index (χ4n) is 6.72. The van der Waals surface area contributed by atoms with Gasteiger partial charge in [-0.05, 0) is 104 Å². The predicted octanol–water partition coefficient (Wildman–Crippen LogP) is 6.53. The minimum Gasteiger partial charge on any atom is -0.299 e. The zero-order valence-corrected chi connectivity index (χ0v) is 18.7. The van der Waals surface area contributed by atoms with Crippen molar-refractivity contribution in [1.82, 2.24) is 9.97 Å². The standard InChI is InChI=1S/C27H26ClFN2O/c28-20-1-3-22(31-15-20)14-26(32)27(6-7-27)19-11-16-9-18(10-17(16)12-19)23-5-8-30-25-4-2-21(29)13-24(23)25/h1-5,8,13,15-19H,6-7,9-12,14H2/t16-,17+,18?,19?. The Balaban J connectivity index is 1.16. The highest BCUT2D eigenvalue weighted by Gasteiger charge is 2.58. The number of hydrogen-bond donors (Lipinski definition) is 0. The first kappa shape index (κ1) is 20.3. The van der Waals surface area contributed by atoms with E-state index < -0.39 is 0 Å². The first-order valence-corrected chi connectivity index (χ1v) is 12.1. The molecule has 0 amide bonds. The maximum atomic E-state index is 13.9. The number of carbonyl (C=O) groups excluding carboxylic acids is 1. The summed E-state index contributed by atoms with van der Waals surface area (Å²) in [5.74, 6) is 2.47. The molecule has 0 spiro atoms. The Kier molecular flexibility index (Phi) is 4.83. The normalized spacial score (nSPS) is 28.1. The summed E-state index contributed by atoms with van der Waals surface area (Å²) in [5, 5.41) is 1.56. The van der Waals surface area contributed by atoms with Crippen molar-refractivity contribution in [3.63, 3.8) is 0 Å². The zero-order chi connectivity index (χ0) is 21.9. The van der Waals surface area contributed by atoms with Crippen molar-refractivity contribution in [2.24, 2.45) is 23.2 Å². The van der Waals surface area contributed by atoms with E-state index in [2.05, 4.69) is 16.0 Å². The number of benzene rings is 1. The van der Waals surface area contributed by atoms with Crippen LogP contribution in [0.3, 0.4) is 0 Å². The topological polar surface area (TPSA) is 42.9 Å². The number of aromatic nitrogens is 2. The first-order valence-electron chi connectivity index (χ1n) is 11.7. The van der Waals surface area contributed by atoms with Crippen LogP contribution in [0.25, 0.3) is 10.9 Å². The molecule has 3 fully saturated rings. The number of hydrogen-bond acceptors (Lipinski definition) is 3. The monoisotopic (exact) mass is 448 g/mol. The number of nitrogens with zero attached hydrogens (tertiary/aromatic N) is 2. The van der Waals surface area contributed by atoms with E-state index in [1.165, 1.54) is 11.6 Å². The molecule has 1 aromatic carbocycles. The van der Waals surface area contributed by atoms with Crippen LogP contribution in [-0.4, -0.2) is 15.8 Å². The molecule has 0 radical (unpaired) electrons. The quantitative estimate of drug-likeness (QED) is 0.445. The number of carbonyl (C=O) groups is 1. The van der Waals surface area contributed by atoms with Crippen molar-refractivity contribution in [2.75, 3.05) is 0 Å². The molecule has 2 heterocycles. The maximum Gasteiger partial charge on any atom is 0.145 e. The van der Waals surface area contributed by atoms with Crippen LogP contribution in [0.15, 0.2) is 48.8 Å². The van der Waals surface area contributed by atoms with E-state index in [1.54, 1.807) is 18.3 Å². The lowest BCUT2D eigenvalue weighted by Crippen LogP contribution is -2.26. The number of fused-ring (bicyclic) bond motifs is 2. The van der Waals surface area contributed by atoms with Gasteiger partial charge in [-0.25, -0.2) is 4.39 Å². The molecule has 3 saturated carbocycles. The van der Waals surface area contributed by atoms with E-state index in [0.29, 0.717) is 40.9 Å². The molecule has 4 atom stereocenters. The van der Waals surface area contributed by atoms with Crippen molar-refractivity contribution < 1.29 is 9.18 Å². The summed E-state index contributed by atoms with van der Waals surface area (Å²) in [7, 11) is 0.